The van der Waals surface area contributed by atoms with Crippen LogP contribution in [0.5, 0.6) is 0 Å². The Morgan fingerprint density at radius 2 is 0.671 bits per heavy atom. The molecular weight excluding hydrogens is 851 g/mol. The predicted molar refractivity (Wildman–Crippen MR) is 287 cm³/mol. The van der Waals surface area contributed by atoms with Crippen molar-refractivity contribution in [3.8, 4) is 44.8 Å². The molecule has 5 heterocycles. The Kier molecular flexibility index (Phi) is 8.21. The molecule has 1 aliphatic carbocycles. The van der Waals surface area contributed by atoms with E-state index in [2.05, 4.69) is 251 Å². The van der Waals surface area contributed by atoms with Crippen LogP contribution in [0.2, 0.25) is 0 Å². The van der Waals surface area contributed by atoms with E-state index in [0.717, 1.165) is 84.3 Å². The van der Waals surface area contributed by atoms with E-state index in [1.807, 2.05) is 12.4 Å². The molecule has 4 aromatic heterocycles. The average molecular weight is 892 g/mol. The molecule has 5 nitrogen and oxygen atoms in total. The number of fused-ring (bicyclic) bond motifs is 15. The van der Waals surface area contributed by atoms with Crippen LogP contribution in [-0.4, -0.2) is 19.1 Å². The second kappa shape index (κ2) is 14.8. The summed E-state index contributed by atoms with van der Waals surface area (Å²) in [7, 11) is 0. The first-order valence-corrected chi connectivity index (χ1v) is 24.0. The highest BCUT2D eigenvalue weighted by Gasteiger charge is 2.54. The van der Waals surface area contributed by atoms with E-state index in [4.69, 9.17) is 9.97 Å². The van der Waals surface area contributed by atoms with Gasteiger partial charge in [-0.2, -0.15) is 0 Å². The Morgan fingerprint density at radius 3 is 1.09 bits per heavy atom. The van der Waals surface area contributed by atoms with E-state index in [1.165, 1.54) is 43.6 Å². The first kappa shape index (κ1) is 38.8. The Balaban J connectivity index is 0.934. The lowest BCUT2D eigenvalue weighted by atomic mass is 9.67. The van der Waals surface area contributed by atoms with Gasteiger partial charge in [0.05, 0.1) is 44.8 Å². The van der Waals surface area contributed by atoms with Gasteiger partial charge in [-0.05, 0) is 130 Å². The molecule has 0 unspecified atom stereocenters. The predicted octanol–water partition coefficient (Wildman–Crippen LogP) is 16.2. The third kappa shape index (κ3) is 5.37. The van der Waals surface area contributed by atoms with Crippen LogP contribution in [-0.2, 0) is 5.41 Å². The highest BCUT2D eigenvalue weighted by atomic mass is 15.2. The fourth-order valence-corrected chi connectivity index (χ4v) is 12.0. The Hall–Kier alpha value is -9.32. The molecule has 0 amide bonds. The molecule has 0 radical (unpaired) electrons. The molecule has 0 saturated heterocycles. The third-order valence-electron chi connectivity index (χ3n) is 15.0. The molecular formula is C65H41N5. The van der Waals surface area contributed by atoms with Crippen molar-refractivity contribution in [3.63, 3.8) is 0 Å². The van der Waals surface area contributed by atoms with Gasteiger partial charge in [0.15, 0.2) is 0 Å². The van der Waals surface area contributed by atoms with Crippen LogP contribution in [0, 0.1) is 0 Å². The van der Waals surface area contributed by atoms with Crippen molar-refractivity contribution in [3.05, 3.63) is 271 Å². The Bertz CT molecular complexity index is 3880. The van der Waals surface area contributed by atoms with Crippen LogP contribution in [0.15, 0.2) is 249 Å². The summed E-state index contributed by atoms with van der Waals surface area (Å²) in [6.45, 7) is 0. The first-order chi connectivity index (χ1) is 34.7. The molecule has 0 bridgehead atoms. The molecule has 2 aliphatic rings. The fourth-order valence-electron chi connectivity index (χ4n) is 12.0. The number of aromatic nitrogens is 4. The fraction of sp³-hybridized carbons (Fsp3) is 0.0154. The van der Waals surface area contributed by atoms with Gasteiger partial charge in [-0.1, -0.05) is 140 Å². The van der Waals surface area contributed by atoms with Crippen molar-refractivity contribution >= 4 is 60.7 Å². The number of para-hydroxylation sites is 5. The lowest BCUT2D eigenvalue weighted by Crippen LogP contribution is -2.37. The number of hydrogen-bond donors (Lipinski definition) is 0. The van der Waals surface area contributed by atoms with Crippen molar-refractivity contribution in [2.45, 2.75) is 5.41 Å². The summed E-state index contributed by atoms with van der Waals surface area (Å²) >= 11 is 0. The summed E-state index contributed by atoms with van der Waals surface area (Å²) in [6, 6.07) is 86.2. The minimum Gasteiger partial charge on any atom is -0.310 e. The highest BCUT2D eigenvalue weighted by Crippen LogP contribution is 2.63. The molecule has 0 N–H and O–H groups in total. The van der Waals surface area contributed by atoms with E-state index in [9.17, 15) is 0 Å². The number of nitrogens with zero attached hydrogens (tertiary/aromatic N) is 5. The molecule has 326 valence electrons. The third-order valence-corrected chi connectivity index (χ3v) is 15.0. The van der Waals surface area contributed by atoms with E-state index in [0.29, 0.717) is 0 Å². The molecule has 13 aromatic rings. The minimum absolute atomic E-state index is 0.832. The normalized spacial score (nSPS) is 13.2. The topological polar surface area (TPSA) is 38.9 Å². The van der Waals surface area contributed by atoms with Gasteiger partial charge in [0.1, 0.15) is 5.41 Å². The van der Waals surface area contributed by atoms with Crippen molar-refractivity contribution in [1.82, 2.24) is 19.1 Å². The maximum absolute atomic E-state index is 5.37. The SMILES string of the molecule is c1ccc(N2c3ccc(-c4ccc(-n5c6ccccc6c6ccccc65)cc4)cc3C3(c4cc(-c5ccc(-n6c7ccccc7c7ccccc76)cc5)ccc42)c2ncccc2-c2cccnc23)cc1. The molecule has 0 saturated carbocycles. The van der Waals surface area contributed by atoms with Gasteiger partial charge >= 0.3 is 0 Å². The highest BCUT2D eigenvalue weighted by molar-refractivity contribution is 6.10. The van der Waals surface area contributed by atoms with Crippen LogP contribution in [0.4, 0.5) is 17.1 Å². The molecule has 0 atom stereocenters. The quantitative estimate of drug-likeness (QED) is 0.173. The zero-order valence-electron chi connectivity index (χ0n) is 37.9. The maximum atomic E-state index is 5.37. The Morgan fingerprint density at radius 1 is 0.300 bits per heavy atom. The number of pyridine rings is 2. The molecule has 15 rings (SSSR count). The summed E-state index contributed by atoms with van der Waals surface area (Å²) in [5.74, 6) is 0. The van der Waals surface area contributed by atoms with Crippen LogP contribution in [0.3, 0.4) is 0 Å². The summed E-state index contributed by atoms with van der Waals surface area (Å²) in [5.41, 5.74) is 20.5. The largest absolute Gasteiger partial charge is 0.310 e. The number of anilines is 3. The maximum Gasteiger partial charge on any atom is 0.110 e. The van der Waals surface area contributed by atoms with Crippen molar-refractivity contribution in [2.75, 3.05) is 4.90 Å². The van der Waals surface area contributed by atoms with Crippen molar-refractivity contribution in [1.29, 1.82) is 0 Å². The van der Waals surface area contributed by atoms with Crippen LogP contribution in [0.1, 0.15) is 22.5 Å². The lowest BCUT2D eigenvalue weighted by Gasteiger charge is -2.44. The summed E-state index contributed by atoms with van der Waals surface area (Å²) in [6.07, 6.45) is 3.90. The van der Waals surface area contributed by atoms with Gasteiger partial charge in [0, 0.05) is 62.1 Å². The monoisotopic (exact) mass is 891 g/mol. The van der Waals surface area contributed by atoms with E-state index in [1.54, 1.807) is 0 Å². The van der Waals surface area contributed by atoms with E-state index >= 15 is 0 Å². The zero-order chi connectivity index (χ0) is 45.9. The number of rotatable bonds is 5. The second-order valence-corrected chi connectivity index (χ2v) is 18.5. The van der Waals surface area contributed by atoms with Crippen molar-refractivity contribution in [2.24, 2.45) is 0 Å². The van der Waals surface area contributed by atoms with Gasteiger partial charge in [0.2, 0.25) is 0 Å². The number of hydrogen-bond acceptors (Lipinski definition) is 3. The summed E-state index contributed by atoms with van der Waals surface area (Å²) < 4.78 is 4.76. The van der Waals surface area contributed by atoms with Crippen LogP contribution >= 0.6 is 0 Å². The van der Waals surface area contributed by atoms with Gasteiger partial charge < -0.3 is 14.0 Å². The van der Waals surface area contributed by atoms with Crippen LogP contribution in [0.25, 0.3) is 88.4 Å². The zero-order valence-corrected chi connectivity index (χ0v) is 37.9. The average Bonchev–Trinajstić information content (AvgIpc) is 4.06. The van der Waals surface area contributed by atoms with Gasteiger partial charge in [0.25, 0.3) is 0 Å². The van der Waals surface area contributed by atoms with Crippen LogP contribution < -0.4 is 4.90 Å². The van der Waals surface area contributed by atoms with E-state index in [-0.39, 0.29) is 0 Å². The molecule has 1 aliphatic heterocycles. The molecule has 1 spiro atoms. The number of benzene rings is 9. The summed E-state index contributed by atoms with van der Waals surface area (Å²) in [5, 5.41) is 5.02. The standard InChI is InChI=1S/C65H41N5/c1-2-14-46(15-3-1)70-61-36-30-44(42-26-32-47(33-27-42)68-57-22-8-4-16-49(57)50-17-5-9-23-58(50)68)40-55(61)65(63-53(20-12-38-66-63)54-21-13-39-67-64(54)65)56-41-45(31-37-62(56)70)43-28-34-48(35-29-43)69-59-24-10-6-18-51(59)52-19-7-11-25-60(52)69/h1-41H. The first-order valence-electron chi connectivity index (χ1n) is 24.0. The van der Waals surface area contributed by atoms with Gasteiger partial charge in [-0.15, -0.1) is 0 Å². The Labute approximate surface area is 404 Å². The molecule has 9 aromatic carbocycles. The van der Waals surface area contributed by atoms with Gasteiger partial charge in [-0.3, -0.25) is 9.97 Å². The van der Waals surface area contributed by atoms with Crippen molar-refractivity contribution < 1.29 is 0 Å². The molecule has 5 heteroatoms. The second-order valence-electron chi connectivity index (χ2n) is 18.5. The van der Waals surface area contributed by atoms with E-state index < -0.39 is 5.41 Å². The molecule has 0 fully saturated rings. The summed E-state index contributed by atoms with van der Waals surface area (Å²) in [4.78, 5) is 13.2. The smallest absolute Gasteiger partial charge is 0.110 e. The molecule has 70 heavy (non-hydrogen) atoms. The van der Waals surface area contributed by atoms with Gasteiger partial charge in [-0.25, -0.2) is 0 Å². The lowest BCUT2D eigenvalue weighted by molar-refractivity contribution is 0.701. The minimum atomic E-state index is -0.832.